The normalized spacial score (nSPS) is 12.8. The van der Waals surface area contributed by atoms with Crippen LogP contribution < -0.4 is 10.6 Å². The third kappa shape index (κ3) is 5.54. The number of halogens is 2. The highest BCUT2D eigenvalue weighted by atomic mass is 35.5. The maximum Gasteiger partial charge on any atom is 0.224 e. The molecule has 2 atom stereocenters. The first-order valence-electron chi connectivity index (χ1n) is 7.37. The highest BCUT2D eigenvalue weighted by Crippen LogP contribution is 2.23. The minimum Gasteiger partial charge on any atom is -0.345 e. The smallest absolute Gasteiger partial charge is 0.224 e. The summed E-state index contributed by atoms with van der Waals surface area (Å²) in [5, 5.41) is 6.85. The molecular weight excluding hydrogens is 331 g/mol. The van der Waals surface area contributed by atoms with Gasteiger partial charge < -0.3 is 10.6 Å². The van der Waals surface area contributed by atoms with E-state index in [9.17, 15) is 4.79 Å². The van der Waals surface area contributed by atoms with Crippen molar-refractivity contribution in [2.45, 2.75) is 13.0 Å². The second-order valence-electron chi connectivity index (χ2n) is 5.36. The van der Waals surface area contributed by atoms with Gasteiger partial charge in [0.25, 0.3) is 0 Å². The molecule has 2 N–H and O–H groups in total. The lowest BCUT2D eigenvalue weighted by Gasteiger charge is -2.22. The minimum atomic E-state index is -0.176. The molecule has 0 saturated carbocycles. The lowest BCUT2D eigenvalue weighted by Crippen LogP contribution is -2.37. The molecule has 0 aromatic heterocycles. The number of amides is 1. The molecule has 0 radical (unpaired) electrons. The Kier molecular flexibility index (Phi) is 8.10. The fourth-order valence-corrected chi connectivity index (χ4v) is 2.47. The van der Waals surface area contributed by atoms with Gasteiger partial charge in [-0.3, -0.25) is 4.79 Å². The average molecular weight is 353 g/mol. The average Bonchev–Trinajstić information content (AvgIpc) is 2.54. The van der Waals surface area contributed by atoms with Crippen LogP contribution in [0.25, 0.3) is 0 Å². The molecule has 124 valence electrons. The molecule has 0 aliphatic carbocycles. The first-order valence-corrected chi connectivity index (χ1v) is 7.75. The maximum absolute atomic E-state index is 12.4. The molecule has 0 fully saturated rings. The van der Waals surface area contributed by atoms with E-state index in [0.29, 0.717) is 11.6 Å². The summed E-state index contributed by atoms with van der Waals surface area (Å²) in [6.45, 7) is 2.56. The predicted octanol–water partition coefficient (Wildman–Crippen LogP) is 3.82. The van der Waals surface area contributed by atoms with E-state index >= 15 is 0 Å². The number of nitrogens with one attached hydrogen (secondary N) is 2. The third-order valence-electron chi connectivity index (χ3n) is 3.58. The van der Waals surface area contributed by atoms with Crippen LogP contribution in [-0.4, -0.2) is 19.5 Å². The zero-order valence-electron chi connectivity index (χ0n) is 13.3. The zero-order chi connectivity index (χ0) is 15.9. The minimum absolute atomic E-state index is 0. The Morgan fingerprint density at radius 1 is 1.04 bits per heavy atom. The molecule has 23 heavy (non-hydrogen) atoms. The summed E-state index contributed by atoms with van der Waals surface area (Å²) in [5.74, 6) is -0.0679. The second kappa shape index (κ2) is 9.56. The fourth-order valence-electron chi connectivity index (χ4n) is 2.34. The molecule has 2 aromatic carbocycles. The molecule has 2 unspecified atom stereocenters. The first-order chi connectivity index (χ1) is 10.6. The summed E-state index contributed by atoms with van der Waals surface area (Å²) in [5.41, 5.74) is 2.07. The van der Waals surface area contributed by atoms with Crippen molar-refractivity contribution in [1.29, 1.82) is 0 Å². The summed E-state index contributed by atoms with van der Waals surface area (Å²) in [4.78, 5) is 12.4. The Hall–Kier alpha value is -1.55. The van der Waals surface area contributed by atoms with Crippen LogP contribution in [0.3, 0.4) is 0 Å². The van der Waals surface area contributed by atoms with E-state index in [4.69, 9.17) is 11.6 Å². The van der Waals surface area contributed by atoms with E-state index < -0.39 is 0 Å². The van der Waals surface area contributed by atoms with Crippen LogP contribution >= 0.6 is 24.0 Å². The molecule has 0 heterocycles. The largest absolute Gasteiger partial charge is 0.345 e. The molecule has 3 nitrogen and oxygen atoms in total. The Balaban J connectivity index is 0.00000264. The van der Waals surface area contributed by atoms with Gasteiger partial charge in [-0.2, -0.15) is 0 Å². The van der Waals surface area contributed by atoms with Gasteiger partial charge in [-0.05, 0) is 30.3 Å². The van der Waals surface area contributed by atoms with E-state index in [-0.39, 0.29) is 30.3 Å². The number of hydrogen-bond donors (Lipinski definition) is 2. The highest BCUT2D eigenvalue weighted by molar-refractivity contribution is 6.30. The molecular formula is C18H22Cl2N2O. The molecule has 1 amide bonds. The number of rotatable bonds is 6. The molecule has 5 heteroatoms. The van der Waals surface area contributed by atoms with Gasteiger partial charge in [0, 0.05) is 17.5 Å². The molecule has 0 aliphatic heterocycles. The van der Waals surface area contributed by atoms with Gasteiger partial charge in [-0.15, -0.1) is 12.4 Å². The van der Waals surface area contributed by atoms with Crippen LogP contribution in [0, 0.1) is 5.92 Å². The van der Waals surface area contributed by atoms with E-state index in [1.165, 1.54) is 0 Å². The fraction of sp³-hybridized carbons (Fsp3) is 0.278. The molecule has 0 aliphatic rings. The van der Waals surface area contributed by atoms with Gasteiger partial charge in [0.2, 0.25) is 5.91 Å². The van der Waals surface area contributed by atoms with Crippen LogP contribution in [0.15, 0.2) is 54.6 Å². The predicted molar refractivity (Wildman–Crippen MR) is 98.2 cm³/mol. The van der Waals surface area contributed by atoms with Gasteiger partial charge in [0.15, 0.2) is 0 Å². The number of carbonyl (C=O) groups excluding carboxylic acids is 1. The summed E-state index contributed by atoms with van der Waals surface area (Å²) < 4.78 is 0. The lowest BCUT2D eigenvalue weighted by molar-refractivity contribution is -0.124. The van der Waals surface area contributed by atoms with Crippen molar-refractivity contribution in [2.24, 2.45) is 5.92 Å². The monoisotopic (exact) mass is 352 g/mol. The van der Waals surface area contributed by atoms with Crippen LogP contribution in [0.4, 0.5) is 0 Å². The van der Waals surface area contributed by atoms with Gasteiger partial charge in [0.05, 0.1) is 6.04 Å². The highest BCUT2D eigenvalue weighted by Gasteiger charge is 2.20. The number of benzene rings is 2. The van der Waals surface area contributed by atoms with Crippen LogP contribution in [0.2, 0.25) is 5.02 Å². The van der Waals surface area contributed by atoms with E-state index in [1.807, 2.05) is 68.6 Å². The summed E-state index contributed by atoms with van der Waals surface area (Å²) in [7, 11) is 1.84. The van der Waals surface area contributed by atoms with Crippen LogP contribution in [-0.2, 0) is 4.79 Å². The summed E-state index contributed by atoms with van der Waals surface area (Å²) in [6.07, 6.45) is 0. The number of carbonyl (C=O) groups is 1. The summed E-state index contributed by atoms with van der Waals surface area (Å²) in [6, 6.07) is 17.4. The Labute approximate surface area is 148 Å². The quantitative estimate of drug-likeness (QED) is 0.829. The van der Waals surface area contributed by atoms with Crippen molar-refractivity contribution in [3.8, 4) is 0 Å². The second-order valence-corrected chi connectivity index (χ2v) is 5.80. The topological polar surface area (TPSA) is 41.1 Å². The van der Waals surface area contributed by atoms with Gasteiger partial charge in [-0.25, -0.2) is 0 Å². The molecule has 2 rings (SSSR count). The molecule has 0 saturated heterocycles. The SMILES string of the molecule is CNCC(C)C(=O)NC(c1ccccc1)c1ccc(Cl)cc1.Cl. The van der Waals surface area contributed by atoms with Crippen molar-refractivity contribution in [1.82, 2.24) is 10.6 Å². The van der Waals surface area contributed by atoms with Gasteiger partial charge >= 0.3 is 0 Å². The van der Waals surface area contributed by atoms with E-state index in [0.717, 1.165) is 11.1 Å². The molecule has 0 bridgehead atoms. The van der Waals surface area contributed by atoms with Crippen molar-refractivity contribution in [2.75, 3.05) is 13.6 Å². The summed E-state index contributed by atoms with van der Waals surface area (Å²) >= 11 is 5.96. The van der Waals surface area contributed by atoms with E-state index in [1.54, 1.807) is 0 Å². The van der Waals surface area contributed by atoms with Crippen molar-refractivity contribution in [3.05, 3.63) is 70.7 Å². The number of hydrogen-bond acceptors (Lipinski definition) is 2. The van der Waals surface area contributed by atoms with Crippen LogP contribution in [0.1, 0.15) is 24.1 Å². The van der Waals surface area contributed by atoms with Gasteiger partial charge in [-0.1, -0.05) is 61.0 Å². The Bertz CT molecular complexity index is 602. The van der Waals surface area contributed by atoms with Gasteiger partial charge in [0.1, 0.15) is 0 Å². The maximum atomic E-state index is 12.4. The van der Waals surface area contributed by atoms with Crippen molar-refractivity contribution >= 4 is 29.9 Å². The third-order valence-corrected chi connectivity index (χ3v) is 3.83. The van der Waals surface area contributed by atoms with Crippen LogP contribution in [0.5, 0.6) is 0 Å². The standard InChI is InChI=1S/C18H21ClN2O.ClH/c1-13(12-20-2)18(22)21-17(14-6-4-3-5-7-14)15-8-10-16(19)11-9-15;/h3-11,13,17,20H,12H2,1-2H3,(H,21,22);1H. The zero-order valence-corrected chi connectivity index (χ0v) is 14.8. The Morgan fingerprint density at radius 3 is 2.17 bits per heavy atom. The molecule has 0 spiro atoms. The first kappa shape index (κ1) is 19.5. The van der Waals surface area contributed by atoms with E-state index in [2.05, 4.69) is 10.6 Å². The molecule has 2 aromatic rings. The van der Waals surface area contributed by atoms with Crippen molar-refractivity contribution < 1.29 is 4.79 Å². The Morgan fingerprint density at radius 2 is 1.61 bits per heavy atom. The lowest BCUT2D eigenvalue weighted by atomic mass is 9.98. The van der Waals surface area contributed by atoms with Crippen molar-refractivity contribution in [3.63, 3.8) is 0 Å².